The molecule has 1 aromatic carbocycles. The van der Waals surface area contributed by atoms with Gasteiger partial charge in [0.05, 0.1) is 5.69 Å². The molecule has 2 heterocycles. The maximum Gasteiger partial charge on any atom is 0.326 e. The summed E-state index contributed by atoms with van der Waals surface area (Å²) in [5.74, 6) is 0.383. The second kappa shape index (κ2) is 8.86. The number of rotatable bonds is 4. The normalized spacial score (nSPS) is 18.7. The van der Waals surface area contributed by atoms with Crippen molar-refractivity contribution in [1.82, 2.24) is 5.32 Å². The molecule has 2 aliphatic heterocycles. The Morgan fingerprint density at radius 2 is 1.97 bits per heavy atom. The SMILES string of the molecule is O=C(NC1=COC=C(C2=CC=CCC2)O1)Nc1ccc(N2CCCCC2)c(F)c1. The number of carbonyl (C=O) groups is 1. The summed E-state index contributed by atoms with van der Waals surface area (Å²) in [6.45, 7) is 1.72. The second-order valence-electron chi connectivity index (χ2n) is 7.15. The lowest BCUT2D eigenvalue weighted by atomic mass is 10.0. The molecule has 0 unspecified atom stereocenters. The zero-order valence-electron chi connectivity index (χ0n) is 16.1. The molecule has 0 saturated carbocycles. The van der Waals surface area contributed by atoms with E-state index in [0.29, 0.717) is 17.1 Å². The Morgan fingerprint density at radius 3 is 2.72 bits per heavy atom. The Kier molecular flexibility index (Phi) is 5.84. The molecule has 3 aliphatic rings. The van der Waals surface area contributed by atoms with Crippen LogP contribution in [0.3, 0.4) is 0 Å². The number of nitrogens with one attached hydrogen (secondary N) is 2. The topological polar surface area (TPSA) is 62.8 Å². The average molecular weight is 397 g/mol. The minimum atomic E-state index is -0.538. The van der Waals surface area contributed by atoms with Gasteiger partial charge < -0.3 is 19.7 Å². The Bertz CT molecular complexity index is 899. The van der Waals surface area contributed by atoms with Crippen molar-refractivity contribution in [2.45, 2.75) is 32.1 Å². The summed E-state index contributed by atoms with van der Waals surface area (Å²) in [5.41, 5.74) is 1.94. The monoisotopic (exact) mass is 397 g/mol. The zero-order valence-corrected chi connectivity index (χ0v) is 16.1. The van der Waals surface area contributed by atoms with E-state index in [4.69, 9.17) is 9.47 Å². The Labute approximate surface area is 169 Å². The van der Waals surface area contributed by atoms with Crippen molar-refractivity contribution >= 4 is 17.4 Å². The molecule has 1 saturated heterocycles. The fourth-order valence-electron chi connectivity index (χ4n) is 3.58. The average Bonchev–Trinajstić information content (AvgIpc) is 2.75. The predicted molar refractivity (Wildman–Crippen MR) is 109 cm³/mol. The number of piperidine rings is 1. The summed E-state index contributed by atoms with van der Waals surface area (Å²) in [6, 6.07) is 4.20. The van der Waals surface area contributed by atoms with E-state index in [2.05, 4.69) is 16.7 Å². The summed E-state index contributed by atoms with van der Waals surface area (Å²) in [5, 5.41) is 5.20. The number of urea groups is 1. The Balaban J connectivity index is 1.34. The first-order chi connectivity index (χ1) is 14.2. The molecule has 4 rings (SSSR count). The highest BCUT2D eigenvalue weighted by molar-refractivity contribution is 5.90. The van der Waals surface area contributed by atoms with Crippen molar-refractivity contribution in [3.05, 3.63) is 72.0 Å². The van der Waals surface area contributed by atoms with E-state index in [1.165, 1.54) is 25.0 Å². The van der Waals surface area contributed by atoms with Gasteiger partial charge in [0.1, 0.15) is 12.1 Å². The summed E-state index contributed by atoms with van der Waals surface area (Å²) in [7, 11) is 0. The van der Waals surface area contributed by atoms with Crippen molar-refractivity contribution in [1.29, 1.82) is 0 Å². The quantitative estimate of drug-likeness (QED) is 0.759. The minimum Gasteiger partial charge on any atom is -0.463 e. The number of ether oxygens (including phenoxy) is 2. The van der Waals surface area contributed by atoms with Crippen LogP contribution < -0.4 is 15.5 Å². The molecule has 7 heteroatoms. The molecule has 0 aromatic heterocycles. The molecule has 0 radical (unpaired) electrons. The number of nitrogens with zero attached hydrogens (tertiary/aromatic N) is 1. The Hall–Kier alpha value is -3.22. The van der Waals surface area contributed by atoms with Crippen molar-refractivity contribution in [2.75, 3.05) is 23.3 Å². The van der Waals surface area contributed by atoms with Gasteiger partial charge in [0.15, 0.2) is 12.0 Å². The van der Waals surface area contributed by atoms with Gasteiger partial charge in [-0.05, 0) is 55.9 Å². The van der Waals surface area contributed by atoms with Crippen LogP contribution in [0.15, 0.2) is 66.2 Å². The summed E-state index contributed by atoms with van der Waals surface area (Å²) in [4.78, 5) is 14.3. The van der Waals surface area contributed by atoms with Gasteiger partial charge in [-0.2, -0.15) is 0 Å². The fraction of sp³-hybridized carbons (Fsp3) is 0.318. The third-order valence-electron chi connectivity index (χ3n) is 5.04. The smallest absolute Gasteiger partial charge is 0.326 e. The second-order valence-corrected chi connectivity index (χ2v) is 7.15. The van der Waals surface area contributed by atoms with Crippen LogP contribution in [0.4, 0.5) is 20.6 Å². The van der Waals surface area contributed by atoms with Gasteiger partial charge in [0.2, 0.25) is 5.88 Å². The van der Waals surface area contributed by atoms with Gasteiger partial charge in [0, 0.05) is 18.8 Å². The molecule has 1 aromatic rings. The van der Waals surface area contributed by atoms with Gasteiger partial charge in [0.25, 0.3) is 0 Å². The van der Waals surface area contributed by atoms with E-state index in [1.807, 2.05) is 17.1 Å². The molecule has 152 valence electrons. The molecular weight excluding hydrogens is 373 g/mol. The first kappa shape index (κ1) is 19.1. The van der Waals surface area contributed by atoms with Crippen LogP contribution in [-0.4, -0.2) is 19.1 Å². The molecule has 0 bridgehead atoms. The molecule has 2 N–H and O–H groups in total. The molecule has 1 aliphatic carbocycles. The number of hydrogen-bond acceptors (Lipinski definition) is 4. The number of amides is 2. The lowest BCUT2D eigenvalue weighted by Crippen LogP contribution is -2.31. The van der Waals surface area contributed by atoms with Gasteiger partial charge >= 0.3 is 6.03 Å². The first-order valence-corrected chi connectivity index (χ1v) is 9.91. The highest BCUT2D eigenvalue weighted by Crippen LogP contribution is 2.27. The first-order valence-electron chi connectivity index (χ1n) is 9.91. The van der Waals surface area contributed by atoms with E-state index < -0.39 is 6.03 Å². The number of halogens is 1. The van der Waals surface area contributed by atoms with Crippen molar-refractivity contribution < 1.29 is 18.7 Å². The van der Waals surface area contributed by atoms with Gasteiger partial charge in [-0.3, -0.25) is 5.32 Å². The van der Waals surface area contributed by atoms with Crippen LogP contribution in [0.1, 0.15) is 32.1 Å². The molecule has 0 spiro atoms. The van der Waals surface area contributed by atoms with Crippen LogP contribution in [-0.2, 0) is 9.47 Å². The maximum atomic E-state index is 14.5. The van der Waals surface area contributed by atoms with Crippen molar-refractivity contribution in [3.63, 3.8) is 0 Å². The predicted octanol–water partition coefficient (Wildman–Crippen LogP) is 4.90. The van der Waals surface area contributed by atoms with Gasteiger partial charge in [-0.25, -0.2) is 9.18 Å². The molecule has 2 amide bonds. The molecule has 1 fully saturated rings. The van der Waals surface area contributed by atoms with Gasteiger partial charge in [-0.15, -0.1) is 0 Å². The van der Waals surface area contributed by atoms with Crippen LogP contribution in [0.25, 0.3) is 0 Å². The van der Waals surface area contributed by atoms with Gasteiger partial charge in [-0.1, -0.05) is 18.2 Å². The van der Waals surface area contributed by atoms with E-state index in [1.54, 1.807) is 12.1 Å². The van der Waals surface area contributed by atoms with Crippen LogP contribution in [0, 0.1) is 5.82 Å². The van der Waals surface area contributed by atoms with Crippen molar-refractivity contribution in [3.8, 4) is 0 Å². The van der Waals surface area contributed by atoms with Crippen LogP contribution in [0.2, 0.25) is 0 Å². The van der Waals surface area contributed by atoms with E-state index in [0.717, 1.165) is 44.3 Å². The Morgan fingerprint density at radius 1 is 1.10 bits per heavy atom. The fourth-order valence-corrected chi connectivity index (χ4v) is 3.58. The lowest BCUT2D eigenvalue weighted by molar-refractivity contribution is 0.204. The molecule has 6 nitrogen and oxygen atoms in total. The highest BCUT2D eigenvalue weighted by Gasteiger charge is 2.18. The summed E-state index contributed by atoms with van der Waals surface area (Å²) >= 11 is 0. The summed E-state index contributed by atoms with van der Waals surface area (Å²) in [6.07, 6.45) is 13.9. The van der Waals surface area contributed by atoms with Crippen LogP contribution in [0.5, 0.6) is 0 Å². The van der Waals surface area contributed by atoms with E-state index >= 15 is 0 Å². The maximum absolute atomic E-state index is 14.5. The van der Waals surface area contributed by atoms with Crippen molar-refractivity contribution in [2.24, 2.45) is 0 Å². The number of carbonyl (C=O) groups excluding carboxylic acids is 1. The molecule has 29 heavy (non-hydrogen) atoms. The van der Waals surface area contributed by atoms with E-state index in [-0.39, 0.29) is 11.7 Å². The molecular formula is C22H24FN3O3. The largest absolute Gasteiger partial charge is 0.463 e. The number of allylic oxidation sites excluding steroid dienone is 4. The van der Waals surface area contributed by atoms with Crippen LogP contribution >= 0.6 is 0 Å². The number of benzene rings is 1. The zero-order chi connectivity index (χ0) is 20.1. The third kappa shape index (κ3) is 4.80. The van der Waals surface area contributed by atoms with E-state index in [9.17, 15) is 9.18 Å². The third-order valence-corrected chi connectivity index (χ3v) is 5.04. The number of hydrogen-bond donors (Lipinski definition) is 2. The standard InChI is InChI=1S/C22H24FN3O3/c23-18-13-17(9-10-19(18)26-11-5-2-6-12-26)24-22(27)25-21-15-28-14-20(29-21)16-7-3-1-4-8-16/h1,3,7,9-10,13-15H,2,4-6,8,11-12H2,(H2,24,25,27). The lowest BCUT2D eigenvalue weighted by Gasteiger charge is -2.29. The minimum absolute atomic E-state index is 0.167. The number of anilines is 2. The molecule has 0 atom stereocenters. The summed E-state index contributed by atoms with van der Waals surface area (Å²) < 4.78 is 25.5. The highest BCUT2D eigenvalue weighted by atomic mass is 19.1.